The van der Waals surface area contributed by atoms with E-state index in [4.69, 9.17) is 17.0 Å². The second-order valence-corrected chi connectivity index (χ2v) is 6.44. The van der Waals surface area contributed by atoms with Gasteiger partial charge in [0.1, 0.15) is 4.32 Å². The Balaban J connectivity index is 1.87. The molecule has 1 aromatic carbocycles. The maximum Gasteiger partial charge on any atom is 0.266 e. The Morgan fingerprint density at radius 2 is 1.91 bits per heavy atom. The second kappa shape index (κ2) is 6.14. The molecule has 0 aliphatic carbocycles. The molecule has 1 amide bonds. The van der Waals surface area contributed by atoms with Crippen LogP contribution in [-0.4, -0.2) is 28.2 Å². The van der Waals surface area contributed by atoms with E-state index in [0.29, 0.717) is 15.8 Å². The van der Waals surface area contributed by atoms with E-state index in [1.165, 1.54) is 11.8 Å². The zero-order chi connectivity index (χ0) is 15.7. The van der Waals surface area contributed by atoms with E-state index in [1.54, 1.807) is 11.0 Å². The van der Waals surface area contributed by atoms with E-state index in [0.717, 1.165) is 23.9 Å². The lowest BCUT2D eigenvalue weighted by atomic mass is 10.3. The quantitative estimate of drug-likeness (QED) is 0.625. The lowest BCUT2D eigenvalue weighted by Crippen LogP contribution is -2.27. The van der Waals surface area contributed by atoms with Crippen LogP contribution in [0.5, 0.6) is 5.75 Å². The summed E-state index contributed by atoms with van der Waals surface area (Å²) in [6.07, 6.45) is 3.63. The van der Waals surface area contributed by atoms with Gasteiger partial charge in [0.25, 0.3) is 5.91 Å². The number of para-hydroxylation sites is 2. The number of fused-ring (bicyclic) bond motifs is 1. The molecule has 0 saturated carbocycles. The fraction of sp³-hybridized carbons (Fsp3) is 0.250. The van der Waals surface area contributed by atoms with Crippen molar-refractivity contribution in [2.75, 3.05) is 18.0 Å². The first-order chi connectivity index (χ1) is 10.7. The molecule has 2 aliphatic heterocycles. The van der Waals surface area contributed by atoms with Crippen LogP contribution < -0.4 is 9.64 Å². The van der Waals surface area contributed by atoms with Crippen molar-refractivity contribution in [3.05, 3.63) is 47.2 Å². The lowest BCUT2D eigenvalue weighted by Gasteiger charge is -2.14. The van der Waals surface area contributed by atoms with Crippen LogP contribution in [0.2, 0.25) is 0 Å². The fourth-order valence-electron chi connectivity index (χ4n) is 2.44. The number of allylic oxidation sites excluding steroid dienone is 2. The van der Waals surface area contributed by atoms with Crippen molar-refractivity contribution in [1.82, 2.24) is 4.90 Å². The standard InChI is InChI=1S/C16H16N2O2S2/c1-3-17-11-7-5-6-8-12(11)20-14(17)10-9-13-15(19)18(4-2)16(21)22-13/h5-10H,3-4H2,1-2H3/b13-9+,14-10+. The number of thioether (sulfide) groups is 1. The van der Waals surface area contributed by atoms with Crippen LogP contribution in [0.3, 0.4) is 0 Å². The van der Waals surface area contributed by atoms with Crippen molar-refractivity contribution in [3.63, 3.8) is 0 Å². The maximum absolute atomic E-state index is 12.2. The Hall–Kier alpha value is -1.79. The van der Waals surface area contributed by atoms with Gasteiger partial charge >= 0.3 is 0 Å². The molecule has 2 heterocycles. The van der Waals surface area contributed by atoms with Gasteiger partial charge in [-0.25, -0.2) is 0 Å². The summed E-state index contributed by atoms with van der Waals surface area (Å²) in [5, 5.41) is 0. The van der Waals surface area contributed by atoms with Gasteiger partial charge < -0.3 is 9.64 Å². The van der Waals surface area contributed by atoms with Gasteiger partial charge in [-0.05, 0) is 32.1 Å². The Labute approximate surface area is 139 Å². The van der Waals surface area contributed by atoms with Crippen molar-refractivity contribution < 1.29 is 9.53 Å². The predicted molar refractivity (Wildman–Crippen MR) is 93.8 cm³/mol. The average Bonchev–Trinajstić information content (AvgIpc) is 3.01. The number of ether oxygens (including phenoxy) is 1. The molecule has 1 fully saturated rings. The van der Waals surface area contributed by atoms with Crippen LogP contribution in [-0.2, 0) is 4.79 Å². The first kappa shape index (κ1) is 15.1. The molecule has 114 valence electrons. The summed E-state index contributed by atoms with van der Waals surface area (Å²) in [5.74, 6) is 1.53. The smallest absolute Gasteiger partial charge is 0.266 e. The number of nitrogens with zero attached hydrogens (tertiary/aromatic N) is 2. The number of hydrogen-bond donors (Lipinski definition) is 0. The van der Waals surface area contributed by atoms with E-state index >= 15 is 0 Å². The SMILES string of the molecule is CCN1C(=O)/C(=C\C=C2\Oc3ccccc3N2CC)SC1=S. The number of likely N-dealkylation sites (N-methyl/N-ethyl adjacent to an activating group) is 1. The van der Waals surface area contributed by atoms with Gasteiger partial charge in [0.05, 0.1) is 10.6 Å². The Bertz CT molecular complexity index is 697. The highest BCUT2D eigenvalue weighted by molar-refractivity contribution is 8.26. The number of benzene rings is 1. The minimum absolute atomic E-state index is 0.0343. The third kappa shape index (κ3) is 2.53. The molecule has 4 nitrogen and oxygen atoms in total. The number of hydrogen-bond acceptors (Lipinski definition) is 5. The molecule has 22 heavy (non-hydrogen) atoms. The van der Waals surface area contributed by atoms with Crippen LogP contribution in [0, 0.1) is 0 Å². The largest absolute Gasteiger partial charge is 0.439 e. The van der Waals surface area contributed by atoms with Crippen molar-refractivity contribution in [2.24, 2.45) is 0 Å². The molecular formula is C16H16N2O2S2. The molecule has 0 atom stereocenters. The molecule has 0 N–H and O–H groups in total. The summed E-state index contributed by atoms with van der Waals surface area (Å²) in [4.78, 5) is 16.5. The summed E-state index contributed by atoms with van der Waals surface area (Å²) in [7, 11) is 0. The van der Waals surface area contributed by atoms with Crippen molar-refractivity contribution >= 4 is 39.9 Å². The molecule has 0 bridgehead atoms. The summed E-state index contributed by atoms with van der Waals surface area (Å²) in [6.45, 7) is 5.38. The molecule has 2 aliphatic rings. The molecule has 1 saturated heterocycles. The van der Waals surface area contributed by atoms with Gasteiger partial charge in [0.15, 0.2) is 5.75 Å². The number of carbonyl (C=O) groups is 1. The Morgan fingerprint density at radius 3 is 2.59 bits per heavy atom. The molecule has 1 aromatic rings. The molecule has 0 unspecified atom stereocenters. The third-order valence-corrected chi connectivity index (χ3v) is 4.92. The van der Waals surface area contributed by atoms with Crippen LogP contribution in [0.15, 0.2) is 47.2 Å². The Morgan fingerprint density at radius 1 is 1.18 bits per heavy atom. The van der Waals surface area contributed by atoms with Crippen LogP contribution in [0.4, 0.5) is 5.69 Å². The summed E-state index contributed by atoms with van der Waals surface area (Å²) in [6, 6.07) is 7.90. The van der Waals surface area contributed by atoms with E-state index in [1.807, 2.05) is 37.3 Å². The van der Waals surface area contributed by atoms with E-state index in [-0.39, 0.29) is 5.91 Å². The maximum atomic E-state index is 12.2. The first-order valence-corrected chi connectivity index (χ1v) is 8.38. The van der Waals surface area contributed by atoms with E-state index in [9.17, 15) is 4.79 Å². The Kier molecular flexibility index (Phi) is 4.22. The molecule has 0 radical (unpaired) electrons. The number of anilines is 1. The monoisotopic (exact) mass is 332 g/mol. The van der Waals surface area contributed by atoms with E-state index < -0.39 is 0 Å². The fourth-order valence-corrected chi connectivity index (χ4v) is 3.76. The predicted octanol–water partition coefficient (Wildman–Crippen LogP) is 3.51. The molecular weight excluding hydrogens is 316 g/mol. The van der Waals surface area contributed by atoms with Crippen LogP contribution >= 0.6 is 24.0 Å². The van der Waals surface area contributed by atoms with Crippen LogP contribution in [0.25, 0.3) is 0 Å². The normalized spacial score (nSPS) is 21.0. The lowest BCUT2D eigenvalue weighted by molar-refractivity contribution is -0.122. The summed E-state index contributed by atoms with van der Waals surface area (Å²) in [5.41, 5.74) is 1.05. The van der Waals surface area contributed by atoms with Gasteiger partial charge in [0, 0.05) is 19.2 Å². The minimum atomic E-state index is -0.0343. The second-order valence-electron chi connectivity index (χ2n) is 4.77. The number of amides is 1. The molecule has 0 spiro atoms. The average molecular weight is 332 g/mol. The van der Waals surface area contributed by atoms with Crippen molar-refractivity contribution in [2.45, 2.75) is 13.8 Å². The number of thiocarbonyl (C=S) groups is 1. The molecule has 0 aromatic heterocycles. The van der Waals surface area contributed by atoms with Gasteiger partial charge in [-0.1, -0.05) is 36.1 Å². The highest BCUT2D eigenvalue weighted by atomic mass is 32.2. The summed E-state index contributed by atoms with van der Waals surface area (Å²) >= 11 is 6.54. The van der Waals surface area contributed by atoms with Gasteiger partial charge in [-0.2, -0.15) is 0 Å². The van der Waals surface area contributed by atoms with Crippen molar-refractivity contribution in [3.8, 4) is 5.75 Å². The van der Waals surface area contributed by atoms with E-state index in [2.05, 4.69) is 11.8 Å². The van der Waals surface area contributed by atoms with Gasteiger partial charge in [-0.15, -0.1) is 0 Å². The summed E-state index contributed by atoms with van der Waals surface area (Å²) < 4.78 is 6.47. The van der Waals surface area contributed by atoms with Crippen LogP contribution in [0.1, 0.15) is 13.8 Å². The zero-order valence-electron chi connectivity index (χ0n) is 12.4. The molecule has 3 rings (SSSR count). The van der Waals surface area contributed by atoms with Gasteiger partial charge in [0.2, 0.25) is 5.88 Å². The highest BCUT2D eigenvalue weighted by Crippen LogP contribution is 2.38. The third-order valence-electron chi connectivity index (χ3n) is 3.52. The van der Waals surface area contributed by atoms with Crippen molar-refractivity contribution in [1.29, 1.82) is 0 Å². The number of rotatable bonds is 3. The minimum Gasteiger partial charge on any atom is -0.439 e. The van der Waals surface area contributed by atoms with Gasteiger partial charge in [-0.3, -0.25) is 9.69 Å². The first-order valence-electron chi connectivity index (χ1n) is 7.15. The highest BCUT2D eigenvalue weighted by Gasteiger charge is 2.30. The molecule has 6 heteroatoms. The number of carbonyl (C=O) groups excluding carboxylic acids is 1. The topological polar surface area (TPSA) is 32.8 Å². The zero-order valence-corrected chi connectivity index (χ0v) is 14.0.